The minimum atomic E-state index is -4.79. The fourth-order valence-corrected chi connectivity index (χ4v) is 5.54. The molecule has 0 radical (unpaired) electrons. The van der Waals surface area contributed by atoms with Crippen molar-refractivity contribution in [2.24, 2.45) is 0 Å². The lowest BCUT2D eigenvalue weighted by Crippen LogP contribution is -2.28. The van der Waals surface area contributed by atoms with E-state index >= 15 is 0 Å². The Morgan fingerprint density at radius 1 is 1.03 bits per heavy atom. The summed E-state index contributed by atoms with van der Waals surface area (Å²) in [5.41, 5.74) is 1.43. The first kappa shape index (κ1) is 22.6. The first-order valence-electron chi connectivity index (χ1n) is 10.0. The van der Waals surface area contributed by atoms with Crippen LogP contribution in [0.1, 0.15) is 39.3 Å². The zero-order chi connectivity index (χ0) is 23.3. The van der Waals surface area contributed by atoms with E-state index in [1.165, 1.54) is 22.8 Å². The van der Waals surface area contributed by atoms with Gasteiger partial charge < -0.3 is 0 Å². The van der Waals surface area contributed by atoms with Crippen LogP contribution in [0.2, 0.25) is 0 Å². The summed E-state index contributed by atoms with van der Waals surface area (Å²) >= 11 is 0. The molecule has 0 unspecified atom stereocenters. The van der Waals surface area contributed by atoms with E-state index in [4.69, 9.17) is 4.28 Å². The van der Waals surface area contributed by atoms with Crippen LogP contribution in [0.25, 0.3) is 22.2 Å². The monoisotopic (exact) mass is 480 g/mol. The van der Waals surface area contributed by atoms with Gasteiger partial charge in [-0.2, -0.15) is 12.7 Å². The van der Waals surface area contributed by atoms with Gasteiger partial charge in [0.15, 0.2) is 10.7 Å². The van der Waals surface area contributed by atoms with Gasteiger partial charge in [0.2, 0.25) is 0 Å². The Morgan fingerprint density at radius 2 is 1.72 bits per heavy atom. The fourth-order valence-electron chi connectivity index (χ4n) is 3.77. The summed E-state index contributed by atoms with van der Waals surface area (Å²) in [5, 5.41) is 0.550. The van der Waals surface area contributed by atoms with Crippen LogP contribution in [0.3, 0.4) is 0 Å². The van der Waals surface area contributed by atoms with E-state index in [0.717, 1.165) is 17.6 Å². The number of nitrogens with zero attached hydrogens (tertiary/aromatic N) is 4. The molecule has 0 amide bonds. The maximum atomic E-state index is 12.7. The highest BCUT2D eigenvalue weighted by atomic mass is 32.3. The Morgan fingerprint density at radius 3 is 2.28 bits per heavy atom. The minimum absolute atomic E-state index is 0.0175. The second kappa shape index (κ2) is 7.80. The molecule has 3 aromatic rings. The van der Waals surface area contributed by atoms with E-state index in [1.54, 1.807) is 18.2 Å². The van der Waals surface area contributed by atoms with Crippen molar-refractivity contribution in [2.45, 2.75) is 44.1 Å². The van der Waals surface area contributed by atoms with Gasteiger partial charge in [-0.1, -0.05) is 20.8 Å². The van der Waals surface area contributed by atoms with Crippen LogP contribution >= 0.6 is 0 Å². The van der Waals surface area contributed by atoms with E-state index in [1.807, 2.05) is 20.8 Å². The van der Waals surface area contributed by atoms with Crippen LogP contribution in [0, 0.1) is 0 Å². The van der Waals surface area contributed by atoms with E-state index in [2.05, 4.69) is 9.97 Å². The third kappa shape index (κ3) is 4.22. The van der Waals surface area contributed by atoms with Gasteiger partial charge in [0.1, 0.15) is 0 Å². The topological polar surface area (TPSA) is 132 Å². The first-order chi connectivity index (χ1) is 14.9. The van der Waals surface area contributed by atoms with E-state index in [9.17, 15) is 21.4 Å². The third-order valence-electron chi connectivity index (χ3n) is 5.32. The molecule has 1 fully saturated rings. The van der Waals surface area contributed by atoms with E-state index in [0.29, 0.717) is 35.3 Å². The molecule has 4 rings (SSSR count). The molecule has 0 bridgehead atoms. The number of pyridine rings is 2. The zero-order valence-electron chi connectivity index (χ0n) is 17.9. The van der Waals surface area contributed by atoms with Crippen LogP contribution in [0.5, 0.6) is 0 Å². The first-order valence-corrected chi connectivity index (χ1v) is 12.8. The number of sulfonamides is 1. The van der Waals surface area contributed by atoms with Crippen molar-refractivity contribution in [1.82, 2.24) is 19.0 Å². The SMILES string of the molecule is CC(C)(C)c1cc2c(-c3ccc(S(=O)(=O)N4CCCC4)nc3)ccnc2n1OS(=O)(=O)O. The molecule has 0 aromatic carbocycles. The largest absolute Gasteiger partial charge is 0.465 e. The summed E-state index contributed by atoms with van der Waals surface area (Å²) in [6, 6.07) is 6.57. The number of rotatable bonds is 5. The van der Waals surface area contributed by atoms with Crippen LogP contribution in [0.15, 0.2) is 41.7 Å². The molecule has 0 spiro atoms. The predicted octanol–water partition coefficient (Wildman–Crippen LogP) is 2.41. The van der Waals surface area contributed by atoms with Crippen molar-refractivity contribution in [3.63, 3.8) is 0 Å². The van der Waals surface area contributed by atoms with Crippen LogP contribution in [0.4, 0.5) is 0 Å². The van der Waals surface area contributed by atoms with Gasteiger partial charge in [0.05, 0.1) is 5.69 Å². The van der Waals surface area contributed by atoms with Gasteiger partial charge in [0.25, 0.3) is 10.0 Å². The lowest BCUT2D eigenvalue weighted by Gasteiger charge is -2.19. The molecule has 12 heteroatoms. The molecule has 172 valence electrons. The lowest BCUT2D eigenvalue weighted by molar-refractivity contribution is 0.230. The Kier molecular flexibility index (Phi) is 5.52. The van der Waals surface area contributed by atoms with Gasteiger partial charge >= 0.3 is 10.4 Å². The molecule has 0 atom stereocenters. The van der Waals surface area contributed by atoms with E-state index in [-0.39, 0.29) is 10.7 Å². The molecule has 3 aromatic heterocycles. The van der Waals surface area contributed by atoms with Gasteiger partial charge in [-0.25, -0.2) is 18.4 Å². The van der Waals surface area contributed by atoms with Crippen LogP contribution < -0.4 is 4.28 Å². The average Bonchev–Trinajstić information content (AvgIpc) is 3.36. The number of hydrogen-bond acceptors (Lipinski definition) is 7. The van der Waals surface area contributed by atoms with Crippen molar-refractivity contribution in [3.05, 3.63) is 42.4 Å². The molecular formula is C20H24N4O6S2. The Labute approximate surface area is 186 Å². The maximum absolute atomic E-state index is 12.7. The summed E-state index contributed by atoms with van der Waals surface area (Å²) in [6.07, 6.45) is 4.62. The molecule has 4 heterocycles. The van der Waals surface area contributed by atoms with Crippen LogP contribution in [-0.4, -0.2) is 53.5 Å². The average molecular weight is 481 g/mol. The molecule has 1 N–H and O–H groups in total. The Balaban J connectivity index is 1.82. The molecule has 1 aliphatic heterocycles. The van der Waals surface area contributed by atoms with Crippen molar-refractivity contribution in [2.75, 3.05) is 13.1 Å². The summed E-state index contributed by atoms with van der Waals surface area (Å²) in [7, 11) is -8.42. The van der Waals surface area contributed by atoms with Crippen LogP contribution in [-0.2, 0) is 25.8 Å². The smallest absolute Gasteiger partial charge is 0.264 e. The highest BCUT2D eigenvalue weighted by Crippen LogP contribution is 2.34. The van der Waals surface area contributed by atoms with E-state index < -0.39 is 25.8 Å². The normalized spacial score (nSPS) is 16.0. The molecule has 0 aliphatic carbocycles. The fraction of sp³-hybridized carbons (Fsp3) is 0.400. The Bertz CT molecular complexity index is 1370. The molecule has 1 aliphatic rings. The quantitative estimate of drug-likeness (QED) is 0.551. The van der Waals surface area contributed by atoms with Gasteiger partial charge in [0, 0.05) is 41.8 Å². The summed E-state index contributed by atoms with van der Waals surface area (Å²) in [4.78, 5) is 8.43. The summed E-state index contributed by atoms with van der Waals surface area (Å²) < 4.78 is 64.8. The van der Waals surface area contributed by atoms with Crippen molar-refractivity contribution >= 4 is 31.5 Å². The summed E-state index contributed by atoms with van der Waals surface area (Å²) in [5.74, 6) is 0. The maximum Gasteiger partial charge on any atom is 0.465 e. The third-order valence-corrected chi connectivity index (χ3v) is 7.47. The summed E-state index contributed by atoms with van der Waals surface area (Å²) in [6.45, 7) is 6.58. The number of hydrogen-bond donors (Lipinski definition) is 1. The number of fused-ring (bicyclic) bond motifs is 1. The highest BCUT2D eigenvalue weighted by Gasteiger charge is 2.29. The van der Waals surface area contributed by atoms with Gasteiger partial charge in [-0.3, -0.25) is 8.84 Å². The van der Waals surface area contributed by atoms with Gasteiger partial charge in [-0.15, -0.1) is 4.73 Å². The molecule has 10 nitrogen and oxygen atoms in total. The van der Waals surface area contributed by atoms with Crippen molar-refractivity contribution < 1.29 is 25.7 Å². The number of aromatic nitrogens is 3. The standard InChI is InChI=1S/C20H24N4O6S2/c1-20(2,3)17-12-16-15(8-9-21-19(16)24(17)30-32(27,28)29)14-6-7-18(22-13-14)31(25,26)23-10-4-5-11-23/h6-9,12-13H,4-5,10-11H2,1-3H3,(H,27,28,29). The second-order valence-corrected chi connectivity index (χ2v) is 11.6. The minimum Gasteiger partial charge on any atom is -0.264 e. The molecule has 1 saturated heterocycles. The molecule has 32 heavy (non-hydrogen) atoms. The van der Waals surface area contributed by atoms with Gasteiger partial charge in [-0.05, 0) is 42.7 Å². The molecule has 0 saturated carbocycles. The van der Waals surface area contributed by atoms with Crippen molar-refractivity contribution in [1.29, 1.82) is 0 Å². The Hall–Kier alpha value is -2.54. The second-order valence-electron chi connectivity index (χ2n) is 8.67. The molecular weight excluding hydrogens is 456 g/mol. The predicted molar refractivity (Wildman–Crippen MR) is 118 cm³/mol. The van der Waals surface area contributed by atoms with Crippen molar-refractivity contribution in [3.8, 4) is 11.1 Å². The highest BCUT2D eigenvalue weighted by molar-refractivity contribution is 7.89. The zero-order valence-corrected chi connectivity index (χ0v) is 19.5. The lowest BCUT2D eigenvalue weighted by atomic mass is 9.92.